The third kappa shape index (κ3) is 2.83. The molecule has 1 radical (unpaired) electrons. The molecule has 3 aromatic rings. The van der Waals surface area contributed by atoms with Crippen molar-refractivity contribution in [1.29, 1.82) is 0 Å². The predicted molar refractivity (Wildman–Crippen MR) is 80.7 cm³/mol. The fourth-order valence-corrected chi connectivity index (χ4v) is 2.62. The minimum atomic E-state index is 0. The second kappa shape index (κ2) is 6.59. The zero-order chi connectivity index (χ0) is 14.1. The van der Waals surface area contributed by atoms with Gasteiger partial charge in [-0.1, -0.05) is 36.4 Å². The van der Waals surface area contributed by atoms with Gasteiger partial charge in [-0.05, 0) is 34.5 Å². The van der Waals surface area contributed by atoms with E-state index in [1.807, 2.05) is 11.6 Å². The van der Waals surface area contributed by atoms with E-state index < -0.39 is 0 Å². The molecule has 101 valence electrons. The predicted octanol–water partition coefficient (Wildman–Crippen LogP) is 3.28. The van der Waals surface area contributed by atoms with Crippen molar-refractivity contribution in [2.45, 2.75) is 6.92 Å². The second-order valence-electron chi connectivity index (χ2n) is 4.86. The summed E-state index contributed by atoms with van der Waals surface area (Å²) in [4.78, 5) is 4.06. The Morgan fingerprint density at radius 1 is 1.19 bits per heavy atom. The summed E-state index contributed by atoms with van der Waals surface area (Å²) in [5, 5.41) is 2.50. The van der Waals surface area contributed by atoms with Crippen LogP contribution in [-0.4, -0.2) is 4.98 Å². The first kappa shape index (κ1) is 16.0. The molecule has 0 aliphatic carbocycles. The monoisotopic (exact) mass is 348 g/mol. The average molecular weight is 348 g/mol. The van der Waals surface area contributed by atoms with E-state index in [1.54, 1.807) is 12.4 Å². The first-order chi connectivity index (χ1) is 9.72. The molecule has 0 atom stereocenters. The fraction of sp³-hybridized carbons (Fsp3) is 0.111. The minimum Gasteiger partial charge on any atom is -0.344 e. The Labute approximate surface area is 150 Å². The molecular formula is C18H15N2Y-. The molecule has 0 amide bonds. The van der Waals surface area contributed by atoms with Crippen LogP contribution in [0, 0.1) is 19.7 Å². The quantitative estimate of drug-likeness (QED) is 0.513. The molecule has 1 heterocycles. The normalized spacial score (nSPS) is 10.2. The molecule has 1 aromatic heterocycles. The zero-order valence-electron chi connectivity index (χ0n) is 12.2. The van der Waals surface area contributed by atoms with Gasteiger partial charge in [0, 0.05) is 38.9 Å². The van der Waals surface area contributed by atoms with Gasteiger partial charge in [-0.25, -0.2) is 5.56 Å². The first-order valence-corrected chi connectivity index (χ1v) is 6.52. The minimum absolute atomic E-state index is 0. The van der Waals surface area contributed by atoms with Crippen LogP contribution in [0.1, 0.15) is 11.1 Å². The van der Waals surface area contributed by atoms with Crippen LogP contribution in [0.3, 0.4) is 0 Å². The first-order valence-electron chi connectivity index (χ1n) is 6.52. The van der Waals surface area contributed by atoms with Gasteiger partial charge in [0.25, 0.3) is 0 Å². The standard InChI is InChI=1S/C18H15N2.Y/c1-4-14-11-19-12-20(3)18(14)17-10-9-15-7-5-6-8-16(15)13(17)2;/h1,4-10,12H,2-3H3;/q-1;. The summed E-state index contributed by atoms with van der Waals surface area (Å²) in [6.07, 6.45) is 6.25. The molecule has 3 rings (SSSR count). The van der Waals surface area contributed by atoms with Crippen molar-refractivity contribution in [2.24, 2.45) is 7.05 Å². The second-order valence-corrected chi connectivity index (χ2v) is 4.86. The molecule has 0 N–H and O–H groups in total. The molecule has 0 unspecified atom stereocenters. The van der Waals surface area contributed by atoms with Crippen LogP contribution >= 0.6 is 0 Å². The van der Waals surface area contributed by atoms with Crippen LogP contribution in [0.15, 0.2) is 42.7 Å². The van der Waals surface area contributed by atoms with Crippen LogP contribution in [0.4, 0.5) is 0 Å². The molecule has 0 saturated carbocycles. The van der Waals surface area contributed by atoms with Crippen LogP contribution in [0.5, 0.6) is 0 Å². The number of aryl methyl sites for hydroxylation is 2. The van der Waals surface area contributed by atoms with Gasteiger partial charge in [-0.15, -0.1) is 0 Å². The van der Waals surface area contributed by atoms with E-state index in [0.717, 1.165) is 16.8 Å². The number of benzene rings is 2. The number of hydrogen-bond acceptors (Lipinski definition) is 1. The van der Waals surface area contributed by atoms with Gasteiger partial charge < -0.3 is 17.2 Å². The Morgan fingerprint density at radius 3 is 2.71 bits per heavy atom. The molecular weight excluding hydrogens is 333 g/mol. The summed E-state index contributed by atoms with van der Waals surface area (Å²) in [5.74, 6) is 0. The van der Waals surface area contributed by atoms with E-state index in [0.29, 0.717) is 0 Å². The van der Waals surface area contributed by atoms with Crippen molar-refractivity contribution in [3.05, 3.63) is 66.6 Å². The van der Waals surface area contributed by atoms with Crippen LogP contribution in [0.25, 0.3) is 28.1 Å². The fourth-order valence-electron chi connectivity index (χ4n) is 2.62. The Kier molecular flexibility index (Phi) is 5.02. The van der Waals surface area contributed by atoms with E-state index in [2.05, 4.69) is 54.5 Å². The van der Waals surface area contributed by atoms with Crippen molar-refractivity contribution >= 4 is 16.8 Å². The van der Waals surface area contributed by atoms with Crippen LogP contribution < -0.4 is 4.57 Å². The van der Waals surface area contributed by atoms with Gasteiger partial charge in [0.15, 0.2) is 0 Å². The van der Waals surface area contributed by atoms with E-state index in [9.17, 15) is 0 Å². The van der Waals surface area contributed by atoms with Crippen LogP contribution in [0.2, 0.25) is 0 Å². The topological polar surface area (TPSA) is 16.8 Å². The third-order valence-corrected chi connectivity index (χ3v) is 3.64. The maximum atomic E-state index is 5.71. The van der Waals surface area contributed by atoms with E-state index >= 15 is 0 Å². The average Bonchev–Trinajstić information content (AvgIpc) is 2.48. The largest absolute Gasteiger partial charge is 0.344 e. The zero-order valence-corrected chi connectivity index (χ0v) is 15.0. The van der Waals surface area contributed by atoms with Gasteiger partial charge in [-0.3, -0.25) is 0 Å². The molecule has 0 aliphatic rings. The maximum absolute atomic E-state index is 5.71. The van der Waals surface area contributed by atoms with Crippen molar-refractivity contribution in [2.75, 3.05) is 0 Å². The Morgan fingerprint density at radius 2 is 1.95 bits per heavy atom. The van der Waals surface area contributed by atoms with E-state index in [-0.39, 0.29) is 32.7 Å². The maximum Gasteiger partial charge on any atom is 0.202 e. The summed E-state index contributed by atoms with van der Waals surface area (Å²) in [6, 6.07) is 12.7. The molecule has 0 spiro atoms. The molecule has 0 aliphatic heterocycles. The molecule has 0 bridgehead atoms. The summed E-state index contributed by atoms with van der Waals surface area (Å²) in [7, 11) is 1.97. The summed E-state index contributed by atoms with van der Waals surface area (Å²) < 4.78 is 1.98. The van der Waals surface area contributed by atoms with Gasteiger partial charge in [0.05, 0.1) is 7.05 Å². The summed E-state index contributed by atoms with van der Waals surface area (Å²) in [5.41, 5.74) is 4.24. The number of aromatic nitrogens is 2. The molecule has 3 heteroatoms. The smallest absolute Gasteiger partial charge is 0.202 e. The SMILES string of the molecule is [CH-]=Cc1[c-]nc[n+](C)c1-c1ccc2ccccc2c1C.[Y]. The van der Waals surface area contributed by atoms with Crippen molar-refractivity contribution in [3.8, 4) is 11.3 Å². The van der Waals surface area contributed by atoms with Crippen molar-refractivity contribution < 1.29 is 37.3 Å². The molecule has 21 heavy (non-hydrogen) atoms. The third-order valence-electron chi connectivity index (χ3n) is 3.64. The van der Waals surface area contributed by atoms with Crippen molar-refractivity contribution in [1.82, 2.24) is 4.98 Å². The van der Waals surface area contributed by atoms with Gasteiger partial charge in [-0.2, -0.15) is 4.98 Å². The number of fused-ring (bicyclic) bond motifs is 1. The van der Waals surface area contributed by atoms with Gasteiger partial charge in [0.1, 0.15) is 0 Å². The Bertz CT molecular complexity index is 809. The number of rotatable bonds is 2. The molecule has 0 saturated heterocycles. The van der Waals surface area contributed by atoms with Crippen molar-refractivity contribution in [3.63, 3.8) is 0 Å². The Hall–Kier alpha value is -1.38. The van der Waals surface area contributed by atoms with Gasteiger partial charge >= 0.3 is 0 Å². The van der Waals surface area contributed by atoms with Gasteiger partial charge in [0.2, 0.25) is 6.33 Å². The van der Waals surface area contributed by atoms with E-state index in [4.69, 9.17) is 6.58 Å². The summed E-state index contributed by atoms with van der Waals surface area (Å²) >= 11 is 0. The molecule has 2 nitrogen and oxygen atoms in total. The molecule has 0 fully saturated rings. The Balaban J connectivity index is 0.00000161. The summed E-state index contributed by atoms with van der Waals surface area (Å²) in [6.45, 7) is 7.85. The number of hydrogen-bond donors (Lipinski definition) is 0. The number of nitrogens with zero attached hydrogens (tertiary/aromatic N) is 2. The van der Waals surface area contributed by atoms with E-state index in [1.165, 1.54) is 16.3 Å². The molecule has 2 aromatic carbocycles. The van der Waals surface area contributed by atoms with Crippen LogP contribution in [-0.2, 0) is 39.8 Å².